The van der Waals surface area contributed by atoms with Gasteiger partial charge in [-0.1, -0.05) is 23.7 Å². The van der Waals surface area contributed by atoms with Gasteiger partial charge in [0.25, 0.3) is 11.8 Å². The van der Waals surface area contributed by atoms with Crippen molar-refractivity contribution in [1.29, 1.82) is 5.26 Å². The number of hydrogen-bond acceptors (Lipinski definition) is 5. The van der Waals surface area contributed by atoms with Crippen LogP contribution in [-0.4, -0.2) is 40.9 Å². The lowest BCUT2D eigenvalue weighted by molar-refractivity contribution is 0.0595. The van der Waals surface area contributed by atoms with Crippen LogP contribution in [0.5, 0.6) is 5.75 Å². The number of nitrogens with one attached hydrogen (secondary N) is 1. The summed E-state index contributed by atoms with van der Waals surface area (Å²) in [5.41, 5.74) is 1.65. The Labute approximate surface area is 215 Å². The molecule has 1 saturated heterocycles. The van der Waals surface area contributed by atoms with Gasteiger partial charge in [0.1, 0.15) is 11.9 Å². The highest BCUT2D eigenvalue weighted by atomic mass is 35.5. The largest absolute Gasteiger partial charge is 0.489 e. The standard InChI is InChI=1S/C28H27ClN4O3/c1-28(2,18-30)21-7-3-5-19(15-21)26(34)32-22-8-9-24(29)25(16-22)36-23-10-13-33(14-11-23)27(35)20-6-4-12-31-17-20/h3-9,12,15-17,23H,10-11,13-14H2,1-2H3,(H,32,34). The lowest BCUT2D eigenvalue weighted by Crippen LogP contribution is -2.41. The molecule has 1 N–H and O–H groups in total. The first-order chi connectivity index (χ1) is 17.3. The number of carbonyl (C=O) groups excluding carboxylic acids is 2. The number of hydrogen-bond donors (Lipinski definition) is 1. The molecule has 0 bridgehead atoms. The Bertz CT molecular complexity index is 1300. The van der Waals surface area contributed by atoms with Gasteiger partial charge in [-0.05, 0) is 55.8 Å². The van der Waals surface area contributed by atoms with E-state index in [1.807, 2.05) is 19.9 Å². The van der Waals surface area contributed by atoms with E-state index in [1.54, 1.807) is 65.8 Å². The van der Waals surface area contributed by atoms with Crippen LogP contribution in [0.15, 0.2) is 67.0 Å². The predicted molar refractivity (Wildman–Crippen MR) is 138 cm³/mol. The third kappa shape index (κ3) is 5.84. The third-order valence-corrected chi connectivity index (χ3v) is 6.56. The SMILES string of the molecule is CC(C)(C#N)c1cccc(C(=O)Nc2ccc(Cl)c(OC3CCN(C(=O)c4cccnc4)CC3)c2)c1. The summed E-state index contributed by atoms with van der Waals surface area (Å²) in [6, 6.07) is 17.9. The zero-order chi connectivity index (χ0) is 25.7. The lowest BCUT2D eigenvalue weighted by Gasteiger charge is -2.32. The first kappa shape index (κ1) is 25.2. The molecule has 2 aromatic carbocycles. The first-order valence-electron chi connectivity index (χ1n) is 11.8. The summed E-state index contributed by atoms with van der Waals surface area (Å²) >= 11 is 6.38. The molecule has 4 rings (SSSR count). The van der Waals surface area contributed by atoms with Crippen molar-refractivity contribution in [2.45, 2.75) is 38.2 Å². The maximum atomic E-state index is 12.9. The number of nitrogens with zero attached hydrogens (tertiary/aromatic N) is 3. The van der Waals surface area contributed by atoms with Gasteiger partial charge < -0.3 is 15.0 Å². The van der Waals surface area contributed by atoms with Gasteiger partial charge in [0.15, 0.2) is 0 Å². The summed E-state index contributed by atoms with van der Waals surface area (Å²) in [6.45, 7) is 4.77. The zero-order valence-electron chi connectivity index (χ0n) is 20.2. The van der Waals surface area contributed by atoms with Crippen LogP contribution >= 0.6 is 11.6 Å². The summed E-state index contributed by atoms with van der Waals surface area (Å²) in [4.78, 5) is 31.3. The van der Waals surface area contributed by atoms with E-state index in [0.29, 0.717) is 53.5 Å². The van der Waals surface area contributed by atoms with Gasteiger partial charge in [0.05, 0.1) is 22.1 Å². The molecule has 8 heteroatoms. The molecule has 1 fully saturated rings. The number of carbonyl (C=O) groups is 2. The second kappa shape index (κ2) is 10.8. The van der Waals surface area contributed by atoms with Crippen molar-refractivity contribution in [3.63, 3.8) is 0 Å². The Kier molecular flexibility index (Phi) is 7.56. The average molecular weight is 503 g/mol. The third-order valence-electron chi connectivity index (χ3n) is 6.25. The molecule has 1 aliphatic heterocycles. The van der Waals surface area contributed by atoms with Crippen molar-refractivity contribution in [1.82, 2.24) is 9.88 Å². The van der Waals surface area contributed by atoms with Crippen LogP contribution in [0.3, 0.4) is 0 Å². The van der Waals surface area contributed by atoms with Gasteiger partial charge in [-0.3, -0.25) is 14.6 Å². The van der Waals surface area contributed by atoms with Crippen LogP contribution in [0.4, 0.5) is 5.69 Å². The van der Waals surface area contributed by atoms with Gasteiger partial charge in [0, 0.05) is 55.6 Å². The Morgan fingerprint density at radius 1 is 1.11 bits per heavy atom. The summed E-state index contributed by atoms with van der Waals surface area (Å²) in [5.74, 6) is 0.151. The monoisotopic (exact) mass is 502 g/mol. The maximum Gasteiger partial charge on any atom is 0.255 e. The Morgan fingerprint density at radius 3 is 2.56 bits per heavy atom. The molecule has 1 aromatic heterocycles. The number of rotatable bonds is 6. The van der Waals surface area contributed by atoms with Gasteiger partial charge in [-0.25, -0.2) is 0 Å². The van der Waals surface area contributed by atoms with E-state index in [9.17, 15) is 14.9 Å². The van der Waals surface area contributed by atoms with E-state index >= 15 is 0 Å². The summed E-state index contributed by atoms with van der Waals surface area (Å²) in [5, 5.41) is 12.7. The molecular weight excluding hydrogens is 476 g/mol. The van der Waals surface area contributed by atoms with E-state index in [-0.39, 0.29) is 17.9 Å². The molecule has 3 aromatic rings. The van der Waals surface area contributed by atoms with Gasteiger partial charge in [0.2, 0.25) is 0 Å². The topological polar surface area (TPSA) is 95.3 Å². The number of anilines is 1. The first-order valence-corrected chi connectivity index (χ1v) is 12.1. The fraction of sp³-hybridized carbons (Fsp3) is 0.286. The van der Waals surface area contributed by atoms with Crippen LogP contribution in [0.2, 0.25) is 5.02 Å². The van der Waals surface area contributed by atoms with Gasteiger partial charge in [-0.15, -0.1) is 0 Å². The molecule has 2 amide bonds. The zero-order valence-corrected chi connectivity index (χ0v) is 21.0. The Balaban J connectivity index is 1.39. The summed E-state index contributed by atoms with van der Waals surface area (Å²) in [7, 11) is 0. The minimum atomic E-state index is -0.699. The van der Waals surface area contributed by atoms with E-state index in [4.69, 9.17) is 16.3 Å². The fourth-order valence-electron chi connectivity index (χ4n) is 4.02. The number of halogens is 1. The van der Waals surface area contributed by atoms with Crippen LogP contribution in [0.25, 0.3) is 0 Å². The molecule has 0 spiro atoms. The maximum absolute atomic E-state index is 12.9. The molecule has 0 aliphatic carbocycles. The number of benzene rings is 2. The highest BCUT2D eigenvalue weighted by molar-refractivity contribution is 6.32. The highest BCUT2D eigenvalue weighted by Crippen LogP contribution is 2.31. The summed E-state index contributed by atoms with van der Waals surface area (Å²) < 4.78 is 6.16. The molecule has 2 heterocycles. The van der Waals surface area contributed by atoms with Crippen LogP contribution in [0, 0.1) is 11.3 Å². The van der Waals surface area contributed by atoms with Crippen molar-refractivity contribution < 1.29 is 14.3 Å². The van der Waals surface area contributed by atoms with Crippen molar-refractivity contribution in [3.05, 3.63) is 88.7 Å². The Morgan fingerprint density at radius 2 is 1.86 bits per heavy atom. The van der Waals surface area contributed by atoms with E-state index in [2.05, 4.69) is 16.4 Å². The van der Waals surface area contributed by atoms with E-state index in [1.165, 1.54) is 0 Å². The molecule has 1 aliphatic rings. The number of ether oxygens (including phenoxy) is 1. The smallest absolute Gasteiger partial charge is 0.255 e. The molecule has 0 radical (unpaired) electrons. The van der Waals surface area contributed by atoms with Crippen LogP contribution in [0.1, 0.15) is 53.0 Å². The second-order valence-corrected chi connectivity index (χ2v) is 9.68. The lowest BCUT2D eigenvalue weighted by atomic mass is 9.85. The number of pyridine rings is 1. The number of likely N-dealkylation sites (tertiary alicyclic amines) is 1. The number of aromatic nitrogens is 1. The van der Waals surface area contributed by atoms with Crippen molar-refractivity contribution >= 4 is 29.1 Å². The Hall–Kier alpha value is -3.89. The number of amides is 2. The molecule has 0 saturated carbocycles. The second-order valence-electron chi connectivity index (χ2n) is 9.27. The minimum Gasteiger partial charge on any atom is -0.489 e. The molecule has 184 valence electrons. The normalized spacial score (nSPS) is 14.1. The highest BCUT2D eigenvalue weighted by Gasteiger charge is 2.26. The van der Waals surface area contributed by atoms with Crippen molar-refractivity contribution in [3.8, 4) is 11.8 Å². The predicted octanol–water partition coefficient (Wildman–Crippen LogP) is 5.47. The molecular formula is C28H27ClN4O3. The van der Waals surface area contributed by atoms with E-state index in [0.717, 1.165) is 5.56 Å². The van der Waals surface area contributed by atoms with Crippen LogP contribution in [-0.2, 0) is 5.41 Å². The quantitative estimate of drug-likeness (QED) is 0.482. The summed E-state index contributed by atoms with van der Waals surface area (Å²) in [6.07, 6.45) is 4.45. The number of nitriles is 1. The van der Waals surface area contributed by atoms with Crippen molar-refractivity contribution in [2.24, 2.45) is 0 Å². The van der Waals surface area contributed by atoms with Crippen molar-refractivity contribution in [2.75, 3.05) is 18.4 Å². The van der Waals surface area contributed by atoms with Gasteiger partial charge in [-0.2, -0.15) is 5.26 Å². The molecule has 0 atom stereocenters. The fourth-order valence-corrected chi connectivity index (χ4v) is 4.18. The van der Waals surface area contributed by atoms with Gasteiger partial charge >= 0.3 is 0 Å². The number of piperidine rings is 1. The average Bonchev–Trinajstić information content (AvgIpc) is 2.91. The molecule has 7 nitrogen and oxygen atoms in total. The molecule has 36 heavy (non-hydrogen) atoms. The van der Waals surface area contributed by atoms with E-state index < -0.39 is 5.41 Å². The minimum absolute atomic E-state index is 0.0356. The molecule has 0 unspecified atom stereocenters. The van der Waals surface area contributed by atoms with Crippen LogP contribution < -0.4 is 10.1 Å².